The summed E-state index contributed by atoms with van der Waals surface area (Å²) >= 11 is 0. The van der Waals surface area contributed by atoms with Crippen LogP contribution >= 0.6 is 0 Å². The van der Waals surface area contributed by atoms with Gasteiger partial charge in [0.1, 0.15) is 5.78 Å². The molecule has 0 aliphatic heterocycles. The number of rotatable bonds is 4. The average Bonchev–Trinajstić information content (AvgIpc) is 2.04. The van der Waals surface area contributed by atoms with E-state index in [1.165, 1.54) is 32.1 Å². The molecule has 1 fully saturated rings. The third-order valence-electron chi connectivity index (χ3n) is 2.85. The minimum Gasteiger partial charge on any atom is -0.393 e. The summed E-state index contributed by atoms with van der Waals surface area (Å²) in [5.74, 6) is 0.770. The number of hydrogen-bond donors (Lipinski definition) is 1. The molecule has 0 amide bonds. The third-order valence-corrected chi connectivity index (χ3v) is 2.85. The number of Topliss-reactive ketones (excluding diaryl/α,β-unsaturated/α-hetero) is 1. The molecule has 13 heavy (non-hydrogen) atoms. The lowest BCUT2D eigenvalue weighted by atomic mass is 9.85. The molecule has 1 N–H and O–H groups in total. The molecule has 0 bridgehead atoms. The summed E-state index contributed by atoms with van der Waals surface area (Å²) in [6, 6.07) is 0. The predicted molar refractivity (Wildman–Crippen MR) is 52.5 cm³/mol. The Balaban J connectivity index is 2.18. The monoisotopic (exact) mass is 184 g/mol. The highest BCUT2D eigenvalue weighted by atomic mass is 16.3. The standard InChI is InChI=1S/C11H20O2/c1-9(12)7-11(13)8-10-5-3-2-4-6-10/h10-11,13H,2-8H2,1H3/t11-/m1/s1. The fraction of sp³-hybridized carbons (Fsp3) is 0.909. The molecule has 1 rings (SSSR count). The van der Waals surface area contributed by atoms with E-state index in [-0.39, 0.29) is 11.9 Å². The maximum Gasteiger partial charge on any atom is 0.132 e. The van der Waals surface area contributed by atoms with Gasteiger partial charge in [-0.15, -0.1) is 0 Å². The highest BCUT2D eigenvalue weighted by Gasteiger charge is 2.18. The van der Waals surface area contributed by atoms with Crippen LogP contribution in [0.2, 0.25) is 0 Å². The van der Waals surface area contributed by atoms with Crippen molar-refractivity contribution in [2.24, 2.45) is 5.92 Å². The lowest BCUT2D eigenvalue weighted by Gasteiger charge is -2.23. The van der Waals surface area contributed by atoms with Gasteiger partial charge in [-0.2, -0.15) is 0 Å². The molecule has 0 unspecified atom stereocenters. The molecule has 0 aromatic carbocycles. The Labute approximate surface area is 80.3 Å². The van der Waals surface area contributed by atoms with Crippen LogP contribution in [0, 0.1) is 5.92 Å². The topological polar surface area (TPSA) is 37.3 Å². The van der Waals surface area contributed by atoms with Crippen molar-refractivity contribution in [3.8, 4) is 0 Å². The van der Waals surface area contributed by atoms with Crippen LogP contribution in [0.15, 0.2) is 0 Å². The fourth-order valence-electron chi connectivity index (χ4n) is 2.22. The summed E-state index contributed by atoms with van der Waals surface area (Å²) in [5.41, 5.74) is 0. The minimum absolute atomic E-state index is 0.100. The summed E-state index contributed by atoms with van der Waals surface area (Å²) in [5, 5.41) is 9.55. The molecule has 0 spiro atoms. The molecule has 2 heteroatoms. The van der Waals surface area contributed by atoms with Gasteiger partial charge < -0.3 is 5.11 Å². The first kappa shape index (κ1) is 10.7. The zero-order chi connectivity index (χ0) is 9.68. The zero-order valence-electron chi connectivity index (χ0n) is 8.46. The van der Waals surface area contributed by atoms with Crippen LogP contribution in [0.25, 0.3) is 0 Å². The minimum atomic E-state index is -0.388. The van der Waals surface area contributed by atoms with Crippen LogP contribution in [0.1, 0.15) is 51.9 Å². The SMILES string of the molecule is CC(=O)C[C@@H](O)CC1CCCCC1. The molecule has 0 radical (unpaired) electrons. The fourth-order valence-corrected chi connectivity index (χ4v) is 2.22. The number of hydrogen-bond acceptors (Lipinski definition) is 2. The number of carbonyl (C=O) groups is 1. The van der Waals surface area contributed by atoms with Crippen molar-refractivity contribution in [2.45, 2.75) is 58.0 Å². The van der Waals surface area contributed by atoms with Gasteiger partial charge >= 0.3 is 0 Å². The summed E-state index contributed by atoms with van der Waals surface area (Å²) in [4.78, 5) is 10.7. The molecule has 1 aliphatic carbocycles. The Bertz CT molecular complexity index is 159. The third kappa shape index (κ3) is 4.41. The largest absolute Gasteiger partial charge is 0.393 e. The van der Waals surface area contributed by atoms with E-state index in [4.69, 9.17) is 0 Å². The van der Waals surface area contributed by atoms with Crippen LogP contribution in [-0.2, 0) is 4.79 Å². The van der Waals surface area contributed by atoms with Gasteiger partial charge in [-0.25, -0.2) is 0 Å². The van der Waals surface area contributed by atoms with E-state index < -0.39 is 0 Å². The zero-order valence-corrected chi connectivity index (χ0v) is 8.46. The smallest absolute Gasteiger partial charge is 0.132 e. The number of aliphatic hydroxyl groups is 1. The van der Waals surface area contributed by atoms with Crippen LogP contribution in [0.3, 0.4) is 0 Å². The second kappa shape index (κ2) is 5.38. The van der Waals surface area contributed by atoms with E-state index in [0.29, 0.717) is 12.3 Å². The lowest BCUT2D eigenvalue weighted by Crippen LogP contribution is -2.18. The molecule has 2 nitrogen and oxygen atoms in total. The van der Waals surface area contributed by atoms with Crippen molar-refractivity contribution >= 4 is 5.78 Å². The first-order valence-electron chi connectivity index (χ1n) is 5.36. The molecule has 0 aromatic heterocycles. The number of ketones is 1. The molecule has 1 atom stereocenters. The van der Waals surface area contributed by atoms with Gasteiger partial charge in [-0.1, -0.05) is 32.1 Å². The van der Waals surface area contributed by atoms with E-state index >= 15 is 0 Å². The van der Waals surface area contributed by atoms with Crippen LogP contribution in [0.5, 0.6) is 0 Å². The van der Waals surface area contributed by atoms with Gasteiger partial charge in [0.25, 0.3) is 0 Å². The van der Waals surface area contributed by atoms with E-state index in [0.717, 1.165) is 6.42 Å². The first-order valence-corrected chi connectivity index (χ1v) is 5.36. The molecule has 1 saturated carbocycles. The van der Waals surface area contributed by atoms with Gasteiger partial charge in [-0.3, -0.25) is 4.79 Å². The van der Waals surface area contributed by atoms with Crippen molar-refractivity contribution in [2.75, 3.05) is 0 Å². The van der Waals surface area contributed by atoms with Crippen molar-refractivity contribution in [1.82, 2.24) is 0 Å². The Morgan fingerprint density at radius 3 is 2.54 bits per heavy atom. The van der Waals surface area contributed by atoms with Crippen LogP contribution in [0.4, 0.5) is 0 Å². The Kier molecular flexibility index (Phi) is 4.43. The number of carbonyl (C=O) groups excluding carboxylic acids is 1. The van der Waals surface area contributed by atoms with Gasteiger partial charge in [-0.05, 0) is 19.3 Å². The lowest BCUT2D eigenvalue weighted by molar-refractivity contribution is -0.119. The van der Waals surface area contributed by atoms with E-state index in [1.807, 2.05) is 0 Å². The molecule has 0 saturated heterocycles. The van der Waals surface area contributed by atoms with Crippen molar-refractivity contribution in [1.29, 1.82) is 0 Å². The molecular weight excluding hydrogens is 164 g/mol. The second-order valence-corrected chi connectivity index (χ2v) is 4.30. The van der Waals surface area contributed by atoms with Crippen molar-refractivity contribution in [3.63, 3.8) is 0 Å². The Morgan fingerprint density at radius 2 is 2.00 bits per heavy atom. The summed E-state index contributed by atoms with van der Waals surface area (Å²) in [6.07, 6.45) is 7.23. The maximum atomic E-state index is 10.7. The number of aliphatic hydroxyl groups excluding tert-OH is 1. The van der Waals surface area contributed by atoms with Gasteiger partial charge in [0, 0.05) is 6.42 Å². The van der Waals surface area contributed by atoms with Gasteiger partial charge in [0.2, 0.25) is 0 Å². The normalized spacial score (nSPS) is 21.4. The molecule has 0 aromatic rings. The summed E-state index contributed by atoms with van der Waals surface area (Å²) in [7, 11) is 0. The molecule has 0 heterocycles. The quantitative estimate of drug-likeness (QED) is 0.728. The summed E-state index contributed by atoms with van der Waals surface area (Å²) in [6.45, 7) is 1.55. The van der Waals surface area contributed by atoms with Gasteiger partial charge in [0.15, 0.2) is 0 Å². The maximum absolute atomic E-state index is 10.7. The average molecular weight is 184 g/mol. The molecule has 76 valence electrons. The predicted octanol–water partition coefficient (Wildman–Crippen LogP) is 2.30. The van der Waals surface area contributed by atoms with E-state index in [2.05, 4.69) is 0 Å². The van der Waals surface area contributed by atoms with E-state index in [9.17, 15) is 9.90 Å². The van der Waals surface area contributed by atoms with E-state index in [1.54, 1.807) is 6.92 Å². The molecule has 1 aliphatic rings. The Morgan fingerprint density at radius 1 is 1.38 bits per heavy atom. The van der Waals surface area contributed by atoms with Crippen molar-refractivity contribution < 1.29 is 9.90 Å². The first-order chi connectivity index (χ1) is 6.18. The Hall–Kier alpha value is -0.370. The highest BCUT2D eigenvalue weighted by molar-refractivity contribution is 5.75. The van der Waals surface area contributed by atoms with Gasteiger partial charge in [0.05, 0.1) is 6.10 Å². The summed E-state index contributed by atoms with van der Waals surface area (Å²) < 4.78 is 0. The van der Waals surface area contributed by atoms with Crippen LogP contribution in [-0.4, -0.2) is 17.0 Å². The van der Waals surface area contributed by atoms with Crippen LogP contribution < -0.4 is 0 Å². The van der Waals surface area contributed by atoms with Crippen molar-refractivity contribution in [3.05, 3.63) is 0 Å². The molecular formula is C11H20O2. The second-order valence-electron chi connectivity index (χ2n) is 4.30. The highest BCUT2D eigenvalue weighted by Crippen LogP contribution is 2.27.